The third-order valence-electron chi connectivity index (χ3n) is 3.72. The van der Waals surface area contributed by atoms with Crippen LogP contribution in [0.2, 0.25) is 0 Å². The first-order valence-corrected chi connectivity index (χ1v) is 7.44. The maximum atomic E-state index is 12.0. The summed E-state index contributed by atoms with van der Waals surface area (Å²) in [6, 6.07) is 5.23. The summed E-state index contributed by atoms with van der Waals surface area (Å²) in [7, 11) is 0. The Morgan fingerprint density at radius 2 is 1.92 bits per heavy atom. The summed E-state index contributed by atoms with van der Waals surface area (Å²) in [6.45, 7) is 0. The fourth-order valence-electron chi connectivity index (χ4n) is 2.41. The van der Waals surface area contributed by atoms with Crippen LogP contribution in [0.4, 0.5) is 0 Å². The van der Waals surface area contributed by atoms with Crippen molar-refractivity contribution in [2.75, 3.05) is 0 Å². The van der Waals surface area contributed by atoms with E-state index >= 15 is 0 Å². The lowest BCUT2D eigenvalue weighted by Crippen LogP contribution is -2.49. The molecule has 128 valence electrons. The summed E-state index contributed by atoms with van der Waals surface area (Å²) < 4.78 is 0. The monoisotopic (exact) mass is 333 g/mol. The number of nitrogens with two attached hydrogens (primary N) is 1. The van der Waals surface area contributed by atoms with E-state index in [-0.39, 0.29) is 19.3 Å². The number of aliphatic carboxylic acids is 2. The predicted octanol–water partition coefficient (Wildman–Crippen LogP) is 0.472. The second kappa shape index (κ2) is 7.60. The van der Waals surface area contributed by atoms with E-state index in [9.17, 15) is 19.5 Å². The molecule has 2 atom stereocenters. The highest BCUT2D eigenvalue weighted by molar-refractivity contribution is 5.88. The number of carboxylic acids is 2. The lowest BCUT2D eigenvalue weighted by Gasteiger charge is -2.17. The summed E-state index contributed by atoms with van der Waals surface area (Å²) in [5, 5.41) is 21.2. The molecule has 0 spiro atoms. The van der Waals surface area contributed by atoms with E-state index in [0.717, 1.165) is 16.5 Å². The molecule has 0 unspecified atom stereocenters. The van der Waals surface area contributed by atoms with Crippen molar-refractivity contribution in [2.45, 2.75) is 31.3 Å². The number of fused-ring (bicyclic) bond motifs is 1. The third-order valence-corrected chi connectivity index (χ3v) is 3.72. The van der Waals surface area contributed by atoms with E-state index < -0.39 is 29.9 Å². The fourth-order valence-corrected chi connectivity index (χ4v) is 2.41. The molecule has 1 aromatic carbocycles. The Kier molecular flexibility index (Phi) is 5.54. The Bertz CT molecular complexity index is 755. The van der Waals surface area contributed by atoms with Crippen LogP contribution in [0.3, 0.4) is 0 Å². The van der Waals surface area contributed by atoms with Gasteiger partial charge in [-0.2, -0.15) is 0 Å². The van der Waals surface area contributed by atoms with Crippen molar-refractivity contribution in [1.29, 1.82) is 0 Å². The largest absolute Gasteiger partial charge is 0.481 e. The Balaban J connectivity index is 2.05. The second-order valence-electron chi connectivity index (χ2n) is 5.50. The number of aromatic amines is 1. The fraction of sp³-hybridized carbons (Fsp3) is 0.312. The number of para-hydroxylation sites is 1. The molecule has 2 rings (SSSR count). The molecule has 2 aromatic rings. The molecule has 1 amide bonds. The highest BCUT2D eigenvalue weighted by atomic mass is 16.4. The molecule has 8 heteroatoms. The van der Waals surface area contributed by atoms with Crippen molar-refractivity contribution in [1.82, 2.24) is 10.3 Å². The van der Waals surface area contributed by atoms with Crippen molar-refractivity contribution >= 4 is 28.7 Å². The van der Waals surface area contributed by atoms with E-state index in [4.69, 9.17) is 10.8 Å². The van der Waals surface area contributed by atoms with Crippen LogP contribution in [0, 0.1) is 0 Å². The van der Waals surface area contributed by atoms with E-state index in [2.05, 4.69) is 10.3 Å². The summed E-state index contributed by atoms with van der Waals surface area (Å²) in [4.78, 5) is 36.9. The van der Waals surface area contributed by atoms with Gasteiger partial charge < -0.3 is 26.2 Å². The van der Waals surface area contributed by atoms with Gasteiger partial charge in [0.25, 0.3) is 0 Å². The summed E-state index contributed by atoms with van der Waals surface area (Å²) in [6.07, 6.45) is 1.49. The summed E-state index contributed by atoms with van der Waals surface area (Å²) in [5.41, 5.74) is 7.24. The zero-order valence-corrected chi connectivity index (χ0v) is 12.9. The Hall–Kier alpha value is -2.87. The molecule has 0 aliphatic carbocycles. The van der Waals surface area contributed by atoms with Crippen LogP contribution in [0.5, 0.6) is 0 Å². The minimum Gasteiger partial charge on any atom is -0.481 e. The van der Waals surface area contributed by atoms with E-state index in [1.54, 1.807) is 6.20 Å². The molecule has 6 N–H and O–H groups in total. The van der Waals surface area contributed by atoms with Crippen LogP contribution >= 0.6 is 0 Å². The van der Waals surface area contributed by atoms with E-state index in [1.807, 2.05) is 24.3 Å². The van der Waals surface area contributed by atoms with Gasteiger partial charge in [0, 0.05) is 29.9 Å². The average Bonchev–Trinajstić information content (AvgIpc) is 2.94. The van der Waals surface area contributed by atoms with Crippen molar-refractivity contribution in [2.24, 2.45) is 5.73 Å². The topological polar surface area (TPSA) is 146 Å². The quantitative estimate of drug-likeness (QED) is 0.475. The van der Waals surface area contributed by atoms with Crippen LogP contribution in [-0.4, -0.2) is 45.1 Å². The molecule has 1 heterocycles. The molecule has 0 fully saturated rings. The van der Waals surface area contributed by atoms with Crippen molar-refractivity contribution in [3.05, 3.63) is 36.0 Å². The Labute approximate surface area is 137 Å². The molecule has 0 saturated carbocycles. The van der Waals surface area contributed by atoms with Crippen LogP contribution in [0.1, 0.15) is 18.4 Å². The number of carboxylic acid groups (broad SMARTS) is 2. The van der Waals surface area contributed by atoms with E-state index in [0.29, 0.717) is 0 Å². The van der Waals surface area contributed by atoms with Crippen molar-refractivity contribution < 1.29 is 24.6 Å². The molecule has 0 radical (unpaired) electrons. The maximum Gasteiger partial charge on any atom is 0.326 e. The molecular formula is C16H19N3O5. The molecule has 8 nitrogen and oxygen atoms in total. The van der Waals surface area contributed by atoms with Crippen LogP contribution < -0.4 is 11.1 Å². The third kappa shape index (κ3) is 4.32. The standard InChI is InChI=1S/C16H19N3O5/c17-11(5-6-14(20)21)15(22)19-13(16(23)24)7-9-8-18-12-4-2-1-3-10(9)12/h1-4,8,11,13,18H,5-7,17H2,(H,19,22)(H,20,21)(H,23,24)/t11-,13-/m1/s1. The zero-order chi connectivity index (χ0) is 17.7. The lowest BCUT2D eigenvalue weighted by atomic mass is 10.0. The minimum atomic E-state index is -1.18. The number of carbonyl (C=O) groups excluding carboxylic acids is 1. The molecule has 1 aromatic heterocycles. The van der Waals surface area contributed by atoms with E-state index in [1.165, 1.54) is 0 Å². The second-order valence-corrected chi connectivity index (χ2v) is 5.50. The zero-order valence-electron chi connectivity index (χ0n) is 12.9. The SMILES string of the molecule is N[C@H](CCC(=O)O)C(=O)N[C@H](Cc1c[nH]c2ccccc12)C(=O)O. The molecular weight excluding hydrogens is 314 g/mol. The molecule has 24 heavy (non-hydrogen) atoms. The molecule has 0 bridgehead atoms. The number of rotatable bonds is 8. The van der Waals surface area contributed by atoms with Gasteiger partial charge in [-0.3, -0.25) is 9.59 Å². The maximum absolute atomic E-state index is 12.0. The van der Waals surface area contributed by atoms with Crippen LogP contribution in [0.25, 0.3) is 10.9 Å². The average molecular weight is 333 g/mol. The summed E-state index contributed by atoms with van der Waals surface area (Å²) >= 11 is 0. The summed E-state index contributed by atoms with van der Waals surface area (Å²) in [5.74, 6) is -2.92. The van der Waals surface area contributed by atoms with Gasteiger partial charge in [0.2, 0.25) is 5.91 Å². The predicted molar refractivity (Wildman–Crippen MR) is 86.4 cm³/mol. The van der Waals surface area contributed by atoms with Gasteiger partial charge in [-0.15, -0.1) is 0 Å². The van der Waals surface area contributed by atoms with Gasteiger partial charge in [0.05, 0.1) is 6.04 Å². The number of H-pyrrole nitrogens is 1. The number of nitrogens with one attached hydrogen (secondary N) is 2. The van der Waals surface area contributed by atoms with Gasteiger partial charge in [0.1, 0.15) is 6.04 Å². The van der Waals surface area contributed by atoms with Gasteiger partial charge in [-0.05, 0) is 18.1 Å². The van der Waals surface area contributed by atoms with Gasteiger partial charge in [-0.1, -0.05) is 18.2 Å². The number of hydrogen-bond acceptors (Lipinski definition) is 4. The first-order chi connectivity index (χ1) is 11.4. The Morgan fingerprint density at radius 1 is 1.21 bits per heavy atom. The molecule has 0 aliphatic heterocycles. The molecule has 0 saturated heterocycles. The Morgan fingerprint density at radius 3 is 2.58 bits per heavy atom. The number of benzene rings is 1. The van der Waals surface area contributed by atoms with Gasteiger partial charge in [0.15, 0.2) is 0 Å². The van der Waals surface area contributed by atoms with Crippen LogP contribution in [-0.2, 0) is 20.8 Å². The number of amides is 1. The van der Waals surface area contributed by atoms with Crippen molar-refractivity contribution in [3.63, 3.8) is 0 Å². The highest BCUT2D eigenvalue weighted by Gasteiger charge is 2.24. The lowest BCUT2D eigenvalue weighted by molar-refractivity contribution is -0.142. The smallest absolute Gasteiger partial charge is 0.326 e. The normalized spacial score (nSPS) is 13.4. The van der Waals surface area contributed by atoms with Crippen molar-refractivity contribution in [3.8, 4) is 0 Å². The number of carbonyl (C=O) groups is 3. The molecule has 0 aliphatic rings. The van der Waals surface area contributed by atoms with Crippen LogP contribution in [0.15, 0.2) is 30.5 Å². The van der Waals surface area contributed by atoms with Gasteiger partial charge >= 0.3 is 11.9 Å². The highest BCUT2D eigenvalue weighted by Crippen LogP contribution is 2.19. The number of hydrogen-bond donors (Lipinski definition) is 5. The first kappa shape index (κ1) is 17.5. The first-order valence-electron chi connectivity index (χ1n) is 7.44. The van der Waals surface area contributed by atoms with Gasteiger partial charge in [-0.25, -0.2) is 4.79 Å². The minimum absolute atomic E-state index is 0.0550. The number of aromatic nitrogens is 1.